The van der Waals surface area contributed by atoms with Crippen LogP contribution in [-0.4, -0.2) is 116 Å². The molecule has 1 aliphatic rings. The van der Waals surface area contributed by atoms with Crippen LogP contribution in [0, 0.1) is 11.3 Å². The molecule has 1 heterocycles. The molecule has 262 valence electrons. The van der Waals surface area contributed by atoms with Crippen LogP contribution in [0.25, 0.3) is 0 Å². The Morgan fingerprint density at radius 1 is 0.596 bits per heavy atom. The van der Waals surface area contributed by atoms with Gasteiger partial charge < -0.3 is 47.4 Å². The molecule has 0 radical (unpaired) electrons. The topological polar surface area (TPSA) is 253 Å². The predicted molar refractivity (Wildman–Crippen MR) is 146 cm³/mol. The van der Waals surface area contributed by atoms with Crippen molar-refractivity contribution in [2.24, 2.45) is 0 Å². The summed E-state index contributed by atoms with van der Waals surface area (Å²) < 4.78 is 53.6. The molecule has 0 N–H and O–H groups in total. The van der Waals surface area contributed by atoms with E-state index < -0.39 is 116 Å². The van der Waals surface area contributed by atoms with Gasteiger partial charge in [0.2, 0.25) is 6.10 Å². The molecule has 0 aromatic heterocycles. The van der Waals surface area contributed by atoms with Crippen molar-refractivity contribution < 1.29 is 85.7 Å². The van der Waals surface area contributed by atoms with E-state index in [1.54, 1.807) is 6.07 Å². The summed E-state index contributed by atoms with van der Waals surface area (Å²) in [6, 6.07) is 1.62. The Kier molecular flexibility index (Phi) is 16.2. The van der Waals surface area contributed by atoms with Crippen LogP contribution in [0.15, 0.2) is 0 Å². The summed E-state index contributed by atoms with van der Waals surface area (Å²) in [6.07, 6.45) is -16.2. The maximum absolute atomic E-state index is 12.3. The van der Waals surface area contributed by atoms with Crippen LogP contribution in [0.4, 0.5) is 0 Å². The van der Waals surface area contributed by atoms with Gasteiger partial charge in [0.1, 0.15) is 31.5 Å². The molecule has 47 heavy (non-hydrogen) atoms. The molecule has 0 aromatic rings. The van der Waals surface area contributed by atoms with E-state index in [2.05, 4.69) is 0 Å². The van der Waals surface area contributed by atoms with Crippen molar-refractivity contribution >= 4 is 47.8 Å². The van der Waals surface area contributed by atoms with E-state index in [0.29, 0.717) is 0 Å². The fraction of sp³-hybridized carbons (Fsp3) is 0.679. The molecule has 0 aliphatic carbocycles. The van der Waals surface area contributed by atoms with Crippen LogP contribution in [-0.2, 0) is 85.7 Å². The van der Waals surface area contributed by atoms with E-state index >= 15 is 0 Å². The quantitative estimate of drug-likeness (QED) is 0.154. The van der Waals surface area contributed by atoms with Crippen molar-refractivity contribution in [3.63, 3.8) is 0 Å². The highest BCUT2D eigenvalue weighted by molar-refractivity contribution is 5.70. The first-order valence-corrected chi connectivity index (χ1v) is 13.9. The molecule has 19 heteroatoms. The average molecular weight is 676 g/mol. The lowest BCUT2D eigenvalue weighted by Crippen LogP contribution is -2.65. The molecule has 0 aromatic carbocycles. The normalized spacial score (nSPS) is 22.7. The molecule has 0 spiro atoms. The molecule has 9 unspecified atom stereocenters. The number of esters is 8. The van der Waals surface area contributed by atoms with Crippen molar-refractivity contribution in [3.05, 3.63) is 0 Å². The van der Waals surface area contributed by atoms with E-state index in [0.717, 1.165) is 55.4 Å². The number of ether oxygens (including phenoxy) is 10. The van der Waals surface area contributed by atoms with Gasteiger partial charge in [-0.2, -0.15) is 5.26 Å². The predicted octanol–water partition coefficient (Wildman–Crippen LogP) is -0.664. The van der Waals surface area contributed by atoms with Gasteiger partial charge >= 0.3 is 47.8 Å². The first-order valence-electron chi connectivity index (χ1n) is 13.9. The van der Waals surface area contributed by atoms with Crippen LogP contribution in [0.3, 0.4) is 0 Å². The van der Waals surface area contributed by atoms with Gasteiger partial charge in [0.15, 0.2) is 36.8 Å². The standard InChI is InChI=1S/C28H37NO18/c1-12(30)38-10-21(41-15(4)33)24(23(42-16(5)34)20(9-29)40-14(3)32)47-28-27(45-19(8)37)26(44-18(7)36)25(43-17(6)35)22(46-28)11-39-13(2)31/h20-28H,10-11H2,1-8H3. The summed E-state index contributed by atoms with van der Waals surface area (Å²) in [5.41, 5.74) is 0. The monoisotopic (exact) mass is 675 g/mol. The lowest BCUT2D eigenvalue weighted by molar-refractivity contribution is -0.330. The minimum atomic E-state index is -1.97. The fourth-order valence-electron chi connectivity index (χ4n) is 4.28. The van der Waals surface area contributed by atoms with Crippen molar-refractivity contribution in [2.45, 2.75) is 111 Å². The molecular formula is C28H37NO18. The Morgan fingerprint density at radius 3 is 1.53 bits per heavy atom. The molecule has 0 amide bonds. The second kappa shape index (κ2) is 19.0. The number of carbonyl (C=O) groups is 8. The van der Waals surface area contributed by atoms with E-state index in [1.165, 1.54) is 0 Å². The summed E-state index contributed by atoms with van der Waals surface area (Å²) in [5, 5.41) is 9.87. The summed E-state index contributed by atoms with van der Waals surface area (Å²) >= 11 is 0. The second-order valence-electron chi connectivity index (χ2n) is 9.85. The van der Waals surface area contributed by atoms with Crippen LogP contribution in [0.1, 0.15) is 55.4 Å². The van der Waals surface area contributed by atoms with Crippen molar-refractivity contribution in [1.29, 1.82) is 5.26 Å². The van der Waals surface area contributed by atoms with Crippen LogP contribution < -0.4 is 0 Å². The minimum Gasteiger partial charge on any atom is -0.463 e. The Bertz CT molecular complexity index is 1230. The molecule has 1 aliphatic heterocycles. The summed E-state index contributed by atoms with van der Waals surface area (Å²) in [7, 11) is 0. The number of hydrogen-bond acceptors (Lipinski definition) is 19. The third-order valence-corrected chi connectivity index (χ3v) is 5.72. The average Bonchev–Trinajstić information content (AvgIpc) is 2.92. The minimum absolute atomic E-state index is 0.648. The summed E-state index contributed by atoms with van der Waals surface area (Å²) in [4.78, 5) is 96.1. The summed E-state index contributed by atoms with van der Waals surface area (Å²) in [6.45, 7) is 6.40. The highest BCUT2D eigenvalue weighted by Crippen LogP contribution is 2.32. The third kappa shape index (κ3) is 14.0. The lowest BCUT2D eigenvalue weighted by Gasteiger charge is -2.46. The van der Waals surface area contributed by atoms with Gasteiger partial charge in [-0.25, -0.2) is 0 Å². The molecule has 1 rings (SSSR count). The Balaban J connectivity index is 3.99. The molecule has 9 atom stereocenters. The molecule has 1 saturated heterocycles. The van der Waals surface area contributed by atoms with E-state index in [9.17, 15) is 43.6 Å². The van der Waals surface area contributed by atoms with Gasteiger partial charge in [0, 0.05) is 55.4 Å². The molecule has 1 fully saturated rings. The van der Waals surface area contributed by atoms with Gasteiger partial charge in [-0.05, 0) is 0 Å². The Morgan fingerprint density at radius 2 is 1.09 bits per heavy atom. The van der Waals surface area contributed by atoms with Gasteiger partial charge in [0.05, 0.1) is 0 Å². The zero-order valence-corrected chi connectivity index (χ0v) is 26.9. The largest absolute Gasteiger partial charge is 0.463 e. The SMILES string of the molecule is CC(=O)OCC(OC(C)=O)C(OC1OC(COC(C)=O)C(OC(C)=O)C(OC(C)=O)C1OC(C)=O)C(OC(C)=O)C(C#N)OC(C)=O. The van der Waals surface area contributed by atoms with Crippen molar-refractivity contribution in [3.8, 4) is 6.07 Å². The number of carbonyl (C=O) groups excluding carboxylic acids is 8. The van der Waals surface area contributed by atoms with Gasteiger partial charge in [-0.3, -0.25) is 38.4 Å². The molecular weight excluding hydrogens is 638 g/mol. The fourth-order valence-corrected chi connectivity index (χ4v) is 4.28. The number of nitriles is 1. The maximum atomic E-state index is 12.3. The van der Waals surface area contributed by atoms with E-state index in [-0.39, 0.29) is 0 Å². The maximum Gasteiger partial charge on any atom is 0.304 e. The Hall–Kier alpha value is -4.83. The molecule has 0 bridgehead atoms. The van der Waals surface area contributed by atoms with E-state index in [4.69, 9.17) is 47.4 Å². The van der Waals surface area contributed by atoms with E-state index in [1.807, 2.05) is 0 Å². The number of nitrogens with zero attached hydrogens (tertiary/aromatic N) is 1. The third-order valence-electron chi connectivity index (χ3n) is 5.72. The number of hydrogen-bond donors (Lipinski definition) is 0. The first-order chi connectivity index (χ1) is 21.9. The zero-order chi connectivity index (χ0) is 36.0. The van der Waals surface area contributed by atoms with Crippen molar-refractivity contribution in [2.75, 3.05) is 13.2 Å². The summed E-state index contributed by atoms with van der Waals surface area (Å²) in [5.74, 6) is -7.58. The zero-order valence-electron chi connectivity index (χ0n) is 26.9. The van der Waals surface area contributed by atoms with Crippen molar-refractivity contribution in [1.82, 2.24) is 0 Å². The van der Waals surface area contributed by atoms with Gasteiger partial charge in [-0.1, -0.05) is 0 Å². The van der Waals surface area contributed by atoms with Crippen LogP contribution in [0.5, 0.6) is 0 Å². The van der Waals surface area contributed by atoms with Gasteiger partial charge in [0.25, 0.3) is 0 Å². The highest BCUT2D eigenvalue weighted by Gasteiger charge is 2.55. The number of rotatable bonds is 15. The molecule has 0 saturated carbocycles. The van der Waals surface area contributed by atoms with Crippen LogP contribution in [0.2, 0.25) is 0 Å². The first kappa shape index (κ1) is 40.2. The second-order valence-corrected chi connectivity index (χ2v) is 9.85. The smallest absolute Gasteiger partial charge is 0.304 e. The lowest BCUT2D eigenvalue weighted by atomic mass is 9.97. The van der Waals surface area contributed by atoms with Gasteiger partial charge in [-0.15, -0.1) is 0 Å². The van der Waals surface area contributed by atoms with Crippen LogP contribution >= 0.6 is 0 Å². The highest BCUT2D eigenvalue weighted by atomic mass is 16.8. The Labute approximate surface area is 268 Å². The molecule has 19 nitrogen and oxygen atoms in total.